The van der Waals surface area contributed by atoms with Crippen molar-refractivity contribution in [3.8, 4) is 23.3 Å². The number of hydrogen-bond donors (Lipinski definition) is 2. The van der Waals surface area contributed by atoms with E-state index in [0.717, 1.165) is 24.5 Å². The van der Waals surface area contributed by atoms with Crippen molar-refractivity contribution < 1.29 is 27.8 Å². The lowest BCUT2D eigenvalue weighted by Gasteiger charge is -2.28. The Labute approximate surface area is 178 Å². The normalized spacial score (nSPS) is 15.6. The summed E-state index contributed by atoms with van der Waals surface area (Å²) in [7, 11) is 3.00. The van der Waals surface area contributed by atoms with Crippen molar-refractivity contribution in [1.29, 1.82) is 0 Å². The number of halogens is 4. The van der Waals surface area contributed by atoms with Crippen LogP contribution in [0.2, 0.25) is 5.02 Å². The Morgan fingerprint density at radius 2 is 1.80 bits per heavy atom. The van der Waals surface area contributed by atoms with Crippen molar-refractivity contribution in [2.45, 2.75) is 31.2 Å². The topological polar surface area (TPSA) is 50.7 Å². The molecule has 0 amide bonds. The Morgan fingerprint density at radius 3 is 2.40 bits per heavy atom. The molecule has 0 unspecified atom stereocenters. The van der Waals surface area contributed by atoms with Crippen LogP contribution in [0.4, 0.5) is 18.9 Å². The van der Waals surface area contributed by atoms with Crippen LogP contribution in [0.15, 0.2) is 36.4 Å². The summed E-state index contributed by atoms with van der Waals surface area (Å²) in [4.78, 5) is 0. The third-order valence-electron chi connectivity index (χ3n) is 4.75. The van der Waals surface area contributed by atoms with Crippen molar-refractivity contribution in [2.75, 3.05) is 19.5 Å². The molecule has 8 heteroatoms. The van der Waals surface area contributed by atoms with Gasteiger partial charge in [0.15, 0.2) is 11.5 Å². The summed E-state index contributed by atoms with van der Waals surface area (Å²) in [6.45, 7) is 0.180. The van der Waals surface area contributed by atoms with Gasteiger partial charge in [-0.25, -0.2) is 0 Å². The summed E-state index contributed by atoms with van der Waals surface area (Å²) in [5.74, 6) is 5.51. The molecule has 2 aromatic rings. The first-order valence-electron chi connectivity index (χ1n) is 9.24. The van der Waals surface area contributed by atoms with E-state index in [1.54, 1.807) is 18.2 Å². The van der Waals surface area contributed by atoms with Gasteiger partial charge in [0.1, 0.15) is 0 Å². The summed E-state index contributed by atoms with van der Waals surface area (Å²) in [6.07, 6.45) is -3.53. The summed E-state index contributed by atoms with van der Waals surface area (Å²) in [5, 5.41) is 13.6. The Bertz CT molecular complexity index is 980. The zero-order valence-electron chi connectivity index (χ0n) is 16.4. The van der Waals surface area contributed by atoms with E-state index in [4.69, 9.17) is 21.1 Å². The molecule has 160 valence electrons. The Morgan fingerprint density at radius 1 is 1.10 bits per heavy atom. The highest BCUT2D eigenvalue weighted by Crippen LogP contribution is 2.43. The lowest BCUT2D eigenvalue weighted by molar-refractivity contribution is -0.240. The highest BCUT2D eigenvalue weighted by Gasteiger charge is 2.55. The second-order valence-corrected chi connectivity index (χ2v) is 7.42. The van der Waals surface area contributed by atoms with E-state index >= 15 is 0 Å². The van der Waals surface area contributed by atoms with E-state index in [0.29, 0.717) is 11.5 Å². The van der Waals surface area contributed by atoms with Gasteiger partial charge in [-0.05, 0) is 48.7 Å². The summed E-state index contributed by atoms with van der Waals surface area (Å²) in [5.41, 5.74) is -2.94. The number of aliphatic hydroxyl groups is 1. The molecule has 0 saturated heterocycles. The fraction of sp³-hybridized carbons (Fsp3) is 0.364. The lowest BCUT2D eigenvalue weighted by Crippen LogP contribution is -2.41. The molecule has 0 spiro atoms. The molecule has 1 saturated carbocycles. The second-order valence-electron chi connectivity index (χ2n) is 6.98. The summed E-state index contributed by atoms with van der Waals surface area (Å²) in [6, 6.07) is 9.11. The van der Waals surface area contributed by atoms with Crippen LogP contribution in [0.1, 0.15) is 24.0 Å². The summed E-state index contributed by atoms with van der Waals surface area (Å²) >= 11 is 5.95. The molecule has 3 rings (SSSR count). The molecule has 0 aliphatic heterocycles. The monoisotopic (exact) mass is 439 g/mol. The predicted octanol–water partition coefficient (Wildman–Crippen LogP) is 5.13. The highest BCUT2D eigenvalue weighted by atomic mass is 35.5. The van der Waals surface area contributed by atoms with Crippen LogP contribution in [-0.4, -0.2) is 25.5 Å². The maximum Gasteiger partial charge on any atom is 0.433 e. The second kappa shape index (κ2) is 8.66. The molecule has 30 heavy (non-hydrogen) atoms. The van der Waals surface area contributed by atoms with Gasteiger partial charge in [-0.2, -0.15) is 13.2 Å². The number of methoxy groups -OCH3 is 2. The van der Waals surface area contributed by atoms with Gasteiger partial charge in [-0.15, -0.1) is 0 Å². The average Bonchev–Trinajstić information content (AvgIpc) is 3.54. The van der Waals surface area contributed by atoms with Gasteiger partial charge in [-0.3, -0.25) is 0 Å². The first-order chi connectivity index (χ1) is 14.2. The first kappa shape index (κ1) is 22.1. The Balaban J connectivity index is 1.94. The van der Waals surface area contributed by atoms with Crippen LogP contribution < -0.4 is 14.8 Å². The van der Waals surface area contributed by atoms with Crippen molar-refractivity contribution in [3.63, 3.8) is 0 Å². The molecule has 2 aromatic carbocycles. The Hall–Kier alpha value is -2.56. The van der Waals surface area contributed by atoms with Gasteiger partial charge in [0, 0.05) is 28.7 Å². The number of ether oxygens (including phenoxy) is 2. The molecule has 1 aliphatic rings. The molecular weight excluding hydrogens is 419 g/mol. The number of anilines is 1. The number of hydrogen-bond acceptors (Lipinski definition) is 4. The quantitative estimate of drug-likeness (QED) is 0.612. The number of rotatable bonds is 6. The van der Waals surface area contributed by atoms with Crippen molar-refractivity contribution >= 4 is 17.3 Å². The maximum absolute atomic E-state index is 13.9. The summed E-state index contributed by atoms with van der Waals surface area (Å²) < 4.78 is 52.0. The molecule has 1 atom stereocenters. The molecule has 4 nitrogen and oxygen atoms in total. The molecule has 1 fully saturated rings. The van der Waals surface area contributed by atoms with Gasteiger partial charge in [0.25, 0.3) is 0 Å². The standard InChI is InChI=1S/C22H21ClF3NO3/c1-29-19-8-5-15(11-20(19)30-2)13-27-18-7-6-16(23)12-17(18)21(28,22(24,25)26)10-9-14-3-4-14/h5-8,11-12,14,27-28H,3-4,13H2,1-2H3/t21-/m0/s1. The van der Waals surface area contributed by atoms with E-state index in [9.17, 15) is 18.3 Å². The average molecular weight is 440 g/mol. The van der Waals surface area contributed by atoms with E-state index in [1.807, 2.05) is 0 Å². The minimum absolute atomic E-state index is 0.0672. The van der Waals surface area contributed by atoms with Crippen LogP contribution in [0.25, 0.3) is 0 Å². The van der Waals surface area contributed by atoms with E-state index < -0.39 is 17.3 Å². The zero-order chi connectivity index (χ0) is 21.9. The van der Waals surface area contributed by atoms with Crippen molar-refractivity contribution in [3.05, 3.63) is 52.5 Å². The molecule has 0 bridgehead atoms. The molecule has 0 aromatic heterocycles. The van der Waals surface area contributed by atoms with Crippen LogP contribution in [0.3, 0.4) is 0 Å². The van der Waals surface area contributed by atoms with E-state index in [-0.39, 0.29) is 23.2 Å². The fourth-order valence-electron chi connectivity index (χ4n) is 2.88. The SMILES string of the molecule is COc1ccc(CNc2ccc(Cl)cc2[C@@](O)(C#CC2CC2)C(F)(F)F)cc1OC. The molecular formula is C22H21ClF3NO3. The van der Waals surface area contributed by atoms with Gasteiger partial charge >= 0.3 is 6.18 Å². The third-order valence-corrected chi connectivity index (χ3v) is 4.98. The van der Waals surface area contributed by atoms with E-state index in [1.165, 1.54) is 26.4 Å². The first-order valence-corrected chi connectivity index (χ1v) is 9.62. The third kappa shape index (κ3) is 4.77. The molecule has 2 N–H and O–H groups in total. The maximum atomic E-state index is 13.9. The van der Waals surface area contributed by atoms with Crippen molar-refractivity contribution in [1.82, 2.24) is 0 Å². The molecule has 0 heterocycles. The predicted molar refractivity (Wildman–Crippen MR) is 109 cm³/mol. The van der Waals surface area contributed by atoms with Gasteiger partial charge in [0.2, 0.25) is 5.60 Å². The number of benzene rings is 2. The number of nitrogens with one attached hydrogen (secondary N) is 1. The van der Waals surface area contributed by atoms with Crippen LogP contribution in [0.5, 0.6) is 11.5 Å². The van der Waals surface area contributed by atoms with Crippen LogP contribution >= 0.6 is 11.6 Å². The zero-order valence-corrected chi connectivity index (χ0v) is 17.2. The van der Waals surface area contributed by atoms with Gasteiger partial charge < -0.3 is 19.9 Å². The number of alkyl halides is 3. The van der Waals surface area contributed by atoms with Crippen LogP contribution in [-0.2, 0) is 12.1 Å². The lowest BCUT2D eigenvalue weighted by atomic mass is 9.91. The molecule has 0 radical (unpaired) electrons. The van der Waals surface area contributed by atoms with Crippen molar-refractivity contribution in [2.24, 2.45) is 5.92 Å². The largest absolute Gasteiger partial charge is 0.493 e. The highest BCUT2D eigenvalue weighted by molar-refractivity contribution is 6.30. The molecule has 1 aliphatic carbocycles. The van der Waals surface area contributed by atoms with E-state index in [2.05, 4.69) is 17.2 Å². The van der Waals surface area contributed by atoms with Crippen LogP contribution in [0, 0.1) is 17.8 Å². The van der Waals surface area contributed by atoms with Gasteiger partial charge in [-0.1, -0.05) is 29.5 Å². The van der Waals surface area contributed by atoms with Gasteiger partial charge in [0.05, 0.1) is 14.2 Å². The minimum Gasteiger partial charge on any atom is -0.493 e. The Kier molecular flexibility index (Phi) is 6.39. The minimum atomic E-state index is -5.00. The smallest absolute Gasteiger partial charge is 0.433 e. The fourth-order valence-corrected chi connectivity index (χ4v) is 3.06.